The summed E-state index contributed by atoms with van der Waals surface area (Å²) < 4.78 is 14.1. The molecule has 1 atom stereocenters. The van der Waals surface area contributed by atoms with Crippen molar-refractivity contribution >= 4 is 5.91 Å². The maximum atomic E-state index is 14.1. The van der Waals surface area contributed by atoms with Crippen LogP contribution in [0.4, 0.5) is 4.39 Å². The molecule has 0 N–H and O–H groups in total. The molecule has 2 aromatic rings. The lowest BCUT2D eigenvalue weighted by Gasteiger charge is -2.34. The second kappa shape index (κ2) is 7.56. The van der Waals surface area contributed by atoms with E-state index >= 15 is 0 Å². The van der Waals surface area contributed by atoms with E-state index < -0.39 is 0 Å². The summed E-state index contributed by atoms with van der Waals surface area (Å²) in [5, 5.41) is 0. The number of amides is 1. The first-order valence-corrected chi connectivity index (χ1v) is 9.73. The Morgan fingerprint density at radius 2 is 1.81 bits per heavy atom. The quantitative estimate of drug-likeness (QED) is 0.796. The maximum absolute atomic E-state index is 14.1. The van der Waals surface area contributed by atoms with Crippen LogP contribution in [0.3, 0.4) is 0 Å². The third-order valence-corrected chi connectivity index (χ3v) is 5.78. The van der Waals surface area contributed by atoms with Gasteiger partial charge in [-0.1, -0.05) is 31.0 Å². The van der Waals surface area contributed by atoms with Gasteiger partial charge in [0.1, 0.15) is 5.82 Å². The predicted octanol–water partition coefficient (Wildman–Crippen LogP) is 4.78. The molecule has 0 spiro atoms. The summed E-state index contributed by atoms with van der Waals surface area (Å²) in [6.45, 7) is 1.60. The molecule has 2 aliphatic rings. The molecule has 2 heterocycles. The van der Waals surface area contributed by atoms with Gasteiger partial charge in [-0.05, 0) is 49.9 Å². The molecule has 1 aliphatic carbocycles. The van der Waals surface area contributed by atoms with E-state index in [2.05, 4.69) is 0 Å². The molecule has 4 heteroatoms. The molecule has 1 amide bonds. The Bertz CT molecular complexity index is 785. The number of nitrogens with zero attached hydrogens (tertiary/aromatic N) is 2. The Kier molecular flexibility index (Phi) is 5.00. The topological polar surface area (TPSA) is 33.2 Å². The number of aromatic nitrogens is 1. The largest absolute Gasteiger partial charge is 0.342 e. The van der Waals surface area contributed by atoms with Crippen LogP contribution in [0.2, 0.25) is 0 Å². The van der Waals surface area contributed by atoms with Crippen molar-refractivity contribution < 1.29 is 9.18 Å². The zero-order chi connectivity index (χ0) is 17.9. The number of hydrogen-bond donors (Lipinski definition) is 0. The molecule has 1 aromatic heterocycles. The zero-order valence-corrected chi connectivity index (χ0v) is 15.0. The van der Waals surface area contributed by atoms with Crippen molar-refractivity contribution in [2.75, 3.05) is 13.1 Å². The third-order valence-electron chi connectivity index (χ3n) is 5.78. The summed E-state index contributed by atoms with van der Waals surface area (Å²) in [4.78, 5) is 19.6. The molecule has 1 saturated heterocycles. The molecule has 26 heavy (non-hydrogen) atoms. The first kappa shape index (κ1) is 17.2. The summed E-state index contributed by atoms with van der Waals surface area (Å²) in [6.07, 6.45) is 6.48. The van der Waals surface area contributed by atoms with Crippen LogP contribution in [-0.2, 0) is 4.79 Å². The number of carbonyl (C=O) groups is 1. The zero-order valence-electron chi connectivity index (χ0n) is 15.0. The van der Waals surface area contributed by atoms with Gasteiger partial charge >= 0.3 is 0 Å². The van der Waals surface area contributed by atoms with E-state index in [1.807, 2.05) is 29.2 Å². The predicted molar refractivity (Wildman–Crippen MR) is 100 cm³/mol. The number of rotatable bonds is 3. The van der Waals surface area contributed by atoms with E-state index in [0.29, 0.717) is 17.2 Å². The van der Waals surface area contributed by atoms with E-state index in [1.54, 1.807) is 12.1 Å². The second-order valence-corrected chi connectivity index (χ2v) is 7.53. The van der Waals surface area contributed by atoms with Gasteiger partial charge in [-0.25, -0.2) is 4.39 Å². The van der Waals surface area contributed by atoms with Crippen LogP contribution in [0.1, 0.15) is 50.1 Å². The molecule has 4 rings (SSSR count). The third kappa shape index (κ3) is 3.50. The van der Waals surface area contributed by atoms with Crippen molar-refractivity contribution in [2.24, 2.45) is 5.92 Å². The summed E-state index contributed by atoms with van der Waals surface area (Å²) >= 11 is 0. The Morgan fingerprint density at radius 1 is 1.00 bits per heavy atom. The Labute approximate surface area is 154 Å². The van der Waals surface area contributed by atoms with Crippen LogP contribution in [-0.4, -0.2) is 28.9 Å². The van der Waals surface area contributed by atoms with Crippen molar-refractivity contribution in [3.05, 3.63) is 54.0 Å². The molecule has 3 nitrogen and oxygen atoms in total. The average molecular weight is 352 g/mol. The van der Waals surface area contributed by atoms with Crippen LogP contribution in [0.5, 0.6) is 0 Å². The fourth-order valence-electron chi connectivity index (χ4n) is 4.35. The minimum atomic E-state index is -0.251. The highest BCUT2D eigenvalue weighted by molar-refractivity contribution is 5.79. The number of halogens is 1. The van der Waals surface area contributed by atoms with Crippen LogP contribution in [0, 0.1) is 11.7 Å². The Morgan fingerprint density at radius 3 is 2.62 bits per heavy atom. The number of pyridine rings is 1. The summed E-state index contributed by atoms with van der Waals surface area (Å²) in [6, 6.07) is 12.6. The lowest BCUT2D eigenvalue weighted by atomic mass is 9.92. The fourth-order valence-corrected chi connectivity index (χ4v) is 4.35. The van der Waals surface area contributed by atoms with Gasteiger partial charge in [-0.2, -0.15) is 0 Å². The lowest BCUT2D eigenvalue weighted by molar-refractivity contribution is -0.136. The smallest absolute Gasteiger partial charge is 0.225 e. The van der Waals surface area contributed by atoms with Crippen LogP contribution in [0.25, 0.3) is 11.3 Å². The standard InChI is InChI=1S/C22H25FN2O/c23-19-11-4-3-10-18(19)21-13-5-12-20(24-21)17-9-6-14-25(15-17)22(26)16-7-1-2-8-16/h3-5,10-13,16-17H,1-2,6-9,14-15H2. The van der Waals surface area contributed by atoms with E-state index in [-0.39, 0.29) is 17.7 Å². The number of likely N-dealkylation sites (tertiary alicyclic amines) is 1. The Balaban J connectivity index is 1.53. The van der Waals surface area contributed by atoms with Crippen LogP contribution in [0.15, 0.2) is 42.5 Å². The molecule has 1 saturated carbocycles. The molecule has 2 fully saturated rings. The van der Waals surface area contributed by atoms with Gasteiger partial charge < -0.3 is 4.90 Å². The van der Waals surface area contributed by atoms with Gasteiger partial charge in [0, 0.05) is 36.2 Å². The lowest BCUT2D eigenvalue weighted by Crippen LogP contribution is -2.42. The number of carbonyl (C=O) groups excluding carboxylic acids is 1. The van der Waals surface area contributed by atoms with Gasteiger partial charge in [-0.15, -0.1) is 0 Å². The highest BCUT2D eigenvalue weighted by Crippen LogP contribution is 2.32. The van der Waals surface area contributed by atoms with E-state index in [9.17, 15) is 9.18 Å². The van der Waals surface area contributed by atoms with Gasteiger partial charge in [0.05, 0.1) is 5.69 Å². The molecule has 0 bridgehead atoms. The van der Waals surface area contributed by atoms with Gasteiger partial charge in [0.25, 0.3) is 0 Å². The minimum Gasteiger partial charge on any atom is -0.342 e. The van der Waals surface area contributed by atoms with Crippen molar-refractivity contribution in [3.8, 4) is 11.3 Å². The number of benzene rings is 1. The number of hydrogen-bond acceptors (Lipinski definition) is 2. The summed E-state index contributed by atoms with van der Waals surface area (Å²) in [5.74, 6) is 0.545. The van der Waals surface area contributed by atoms with Crippen molar-refractivity contribution in [2.45, 2.75) is 44.4 Å². The van der Waals surface area contributed by atoms with E-state index in [1.165, 1.54) is 18.9 Å². The SMILES string of the molecule is O=C(C1CCCC1)N1CCCC(c2cccc(-c3ccccc3F)n2)C1. The maximum Gasteiger partial charge on any atom is 0.225 e. The van der Waals surface area contributed by atoms with Crippen molar-refractivity contribution in [1.82, 2.24) is 9.88 Å². The summed E-state index contributed by atoms with van der Waals surface area (Å²) in [7, 11) is 0. The molecule has 1 unspecified atom stereocenters. The first-order chi connectivity index (χ1) is 12.7. The molecule has 136 valence electrons. The fraction of sp³-hybridized carbons (Fsp3) is 0.455. The Hall–Kier alpha value is -2.23. The molecular formula is C22H25FN2O. The molecular weight excluding hydrogens is 327 g/mol. The van der Waals surface area contributed by atoms with E-state index in [0.717, 1.165) is 44.5 Å². The second-order valence-electron chi connectivity index (χ2n) is 7.53. The highest BCUT2D eigenvalue weighted by atomic mass is 19.1. The monoisotopic (exact) mass is 352 g/mol. The van der Waals surface area contributed by atoms with Crippen molar-refractivity contribution in [1.29, 1.82) is 0 Å². The van der Waals surface area contributed by atoms with Gasteiger partial charge in [-0.3, -0.25) is 9.78 Å². The molecule has 1 aliphatic heterocycles. The molecule has 1 aromatic carbocycles. The number of piperidine rings is 1. The van der Waals surface area contributed by atoms with Gasteiger partial charge in [0.15, 0.2) is 0 Å². The van der Waals surface area contributed by atoms with Gasteiger partial charge in [0.2, 0.25) is 5.91 Å². The summed E-state index contributed by atoms with van der Waals surface area (Å²) in [5.41, 5.74) is 2.17. The van der Waals surface area contributed by atoms with Crippen molar-refractivity contribution in [3.63, 3.8) is 0 Å². The first-order valence-electron chi connectivity index (χ1n) is 9.73. The minimum absolute atomic E-state index is 0.228. The highest BCUT2D eigenvalue weighted by Gasteiger charge is 2.31. The van der Waals surface area contributed by atoms with E-state index in [4.69, 9.17) is 4.98 Å². The normalized spacial score (nSPS) is 21.1. The molecule has 0 radical (unpaired) electrons. The van der Waals surface area contributed by atoms with Crippen LogP contribution < -0.4 is 0 Å². The van der Waals surface area contributed by atoms with Crippen LogP contribution >= 0.6 is 0 Å². The average Bonchev–Trinajstić information content (AvgIpc) is 3.23.